The van der Waals surface area contributed by atoms with Crippen LogP contribution in [0, 0.1) is 0 Å². The van der Waals surface area contributed by atoms with Crippen LogP contribution in [0.4, 0.5) is 0 Å². The van der Waals surface area contributed by atoms with Crippen molar-refractivity contribution in [3.05, 3.63) is 179 Å². The minimum atomic E-state index is -0.168. The second-order valence-electron chi connectivity index (χ2n) is 14.9. The molecule has 0 atom stereocenters. The molecule has 1 aliphatic carbocycles. The molecule has 53 heavy (non-hydrogen) atoms. The van der Waals surface area contributed by atoms with Crippen LogP contribution < -0.4 is 5.56 Å². The van der Waals surface area contributed by atoms with Crippen LogP contribution in [0.25, 0.3) is 99.9 Å². The highest BCUT2D eigenvalue weighted by molar-refractivity contribution is 6.18. The lowest BCUT2D eigenvalue weighted by Gasteiger charge is -2.24. The molecule has 0 bridgehead atoms. The van der Waals surface area contributed by atoms with Crippen molar-refractivity contribution in [1.29, 1.82) is 0 Å². The van der Waals surface area contributed by atoms with Gasteiger partial charge in [0.2, 0.25) is 0 Å². The molecule has 0 spiro atoms. The zero-order valence-electron chi connectivity index (χ0n) is 29.6. The number of fused-ring (bicyclic) bond motifs is 11. The van der Waals surface area contributed by atoms with Gasteiger partial charge in [0.25, 0.3) is 5.56 Å². The Bertz CT molecular complexity index is 3320. The lowest BCUT2D eigenvalue weighted by atomic mass is 9.81. The summed E-state index contributed by atoms with van der Waals surface area (Å²) in [6, 6.07) is 48.5. The van der Waals surface area contributed by atoms with Crippen LogP contribution in [0.5, 0.6) is 0 Å². The average Bonchev–Trinajstić information content (AvgIpc) is 3.79. The monoisotopic (exact) mass is 678 g/mol. The summed E-state index contributed by atoms with van der Waals surface area (Å²) >= 11 is 0. The molecular weight excluding hydrogens is 645 g/mol. The van der Waals surface area contributed by atoms with E-state index in [1.807, 2.05) is 4.40 Å². The molecule has 7 aromatic carbocycles. The second kappa shape index (κ2) is 10.4. The summed E-state index contributed by atoms with van der Waals surface area (Å²) in [5.74, 6) is 0. The molecule has 3 aromatic heterocycles. The average molecular weight is 679 g/mol. The van der Waals surface area contributed by atoms with Crippen LogP contribution >= 0.6 is 0 Å². The summed E-state index contributed by atoms with van der Waals surface area (Å²) in [7, 11) is 0. The number of hydrogen-bond donors (Lipinski definition) is 0. The first kappa shape index (κ1) is 30.0. The molecule has 0 fully saturated rings. The van der Waals surface area contributed by atoms with Crippen molar-refractivity contribution < 1.29 is 0 Å². The molecule has 11 rings (SSSR count). The molecule has 3 nitrogen and oxygen atoms in total. The Morgan fingerprint density at radius 1 is 0.528 bits per heavy atom. The van der Waals surface area contributed by atoms with E-state index in [-0.39, 0.29) is 11.0 Å². The second-order valence-corrected chi connectivity index (χ2v) is 14.9. The Labute approximate surface area is 306 Å². The first-order valence-electron chi connectivity index (χ1n) is 18.2. The van der Waals surface area contributed by atoms with Crippen molar-refractivity contribution in [2.24, 2.45) is 0 Å². The van der Waals surface area contributed by atoms with Crippen molar-refractivity contribution in [2.75, 3.05) is 0 Å². The molecule has 0 unspecified atom stereocenters. The molecule has 0 aliphatic heterocycles. The highest BCUT2D eigenvalue weighted by Gasteiger charge is 2.38. The van der Waals surface area contributed by atoms with E-state index in [0.29, 0.717) is 5.56 Å². The molecule has 0 N–H and O–H groups in total. The van der Waals surface area contributed by atoms with E-state index < -0.39 is 0 Å². The van der Waals surface area contributed by atoms with Gasteiger partial charge in [-0.3, -0.25) is 9.20 Å². The number of para-hydroxylation sites is 2. The first-order chi connectivity index (χ1) is 25.9. The van der Waals surface area contributed by atoms with Crippen molar-refractivity contribution in [2.45, 2.75) is 19.3 Å². The Kier molecular flexibility index (Phi) is 5.90. The topological polar surface area (TPSA) is 26.4 Å². The van der Waals surface area contributed by atoms with Gasteiger partial charge in [-0.1, -0.05) is 148 Å². The number of hydrogen-bond acceptors (Lipinski definition) is 1. The fraction of sp³-hybridized carbons (Fsp3) is 0.0600. The standard InChI is InChI=1S/C50H34N2O/c1-5-30-31(6-2)49(53)52-45-26-22-29(28-41(45)39-19-13-18-38(30)47(39)52)32-25-27-44(35-16-8-7-14-33(32)35)51-43-21-12-10-17-36(43)40-24-23-37-34-15-9-11-20-42(34)50(3,4)46(37)48(40)51/h5-28H,1-2H2,3-4H3. The highest BCUT2D eigenvalue weighted by atomic mass is 16.1. The molecule has 1 aliphatic rings. The lowest BCUT2D eigenvalue weighted by Crippen LogP contribution is -2.17. The predicted molar refractivity (Wildman–Crippen MR) is 225 cm³/mol. The largest absolute Gasteiger partial charge is 0.308 e. The quantitative estimate of drug-likeness (QED) is 0.182. The van der Waals surface area contributed by atoms with Gasteiger partial charge < -0.3 is 4.57 Å². The van der Waals surface area contributed by atoms with Crippen molar-refractivity contribution >= 4 is 71.9 Å². The minimum Gasteiger partial charge on any atom is -0.308 e. The fourth-order valence-corrected chi connectivity index (χ4v) is 9.76. The maximum Gasteiger partial charge on any atom is 0.263 e. The number of rotatable bonds is 4. The molecule has 250 valence electrons. The van der Waals surface area contributed by atoms with Gasteiger partial charge in [0.15, 0.2) is 0 Å². The smallest absolute Gasteiger partial charge is 0.263 e. The van der Waals surface area contributed by atoms with E-state index in [0.717, 1.165) is 49.6 Å². The van der Waals surface area contributed by atoms with Gasteiger partial charge in [-0.25, -0.2) is 0 Å². The summed E-state index contributed by atoms with van der Waals surface area (Å²) in [6.45, 7) is 12.7. The van der Waals surface area contributed by atoms with Gasteiger partial charge in [0.1, 0.15) is 0 Å². The zero-order chi connectivity index (χ0) is 35.7. The highest BCUT2D eigenvalue weighted by Crippen LogP contribution is 2.53. The van der Waals surface area contributed by atoms with E-state index in [2.05, 4.69) is 165 Å². The molecule has 0 amide bonds. The summed E-state index contributed by atoms with van der Waals surface area (Å²) < 4.78 is 4.37. The van der Waals surface area contributed by atoms with Gasteiger partial charge in [-0.2, -0.15) is 0 Å². The molecule has 3 heterocycles. The third-order valence-electron chi connectivity index (χ3n) is 12.0. The Morgan fingerprint density at radius 2 is 1.21 bits per heavy atom. The lowest BCUT2D eigenvalue weighted by molar-refractivity contribution is 0.664. The van der Waals surface area contributed by atoms with E-state index >= 15 is 0 Å². The van der Waals surface area contributed by atoms with Gasteiger partial charge >= 0.3 is 0 Å². The molecular formula is C50H34N2O. The number of nitrogens with zero attached hydrogens (tertiary/aromatic N) is 2. The molecule has 0 radical (unpaired) electrons. The van der Waals surface area contributed by atoms with Crippen LogP contribution in [0.2, 0.25) is 0 Å². The van der Waals surface area contributed by atoms with E-state index in [9.17, 15) is 4.79 Å². The van der Waals surface area contributed by atoms with Crippen LogP contribution in [0.3, 0.4) is 0 Å². The number of benzene rings is 7. The van der Waals surface area contributed by atoms with E-state index in [4.69, 9.17) is 0 Å². The van der Waals surface area contributed by atoms with Crippen molar-refractivity contribution in [3.63, 3.8) is 0 Å². The summed E-state index contributed by atoms with van der Waals surface area (Å²) in [5.41, 5.74) is 14.3. The molecule has 3 heteroatoms. The Hall–Kier alpha value is -6.71. The minimum absolute atomic E-state index is 0.0694. The van der Waals surface area contributed by atoms with Crippen LogP contribution in [-0.4, -0.2) is 8.97 Å². The summed E-state index contributed by atoms with van der Waals surface area (Å²) in [4.78, 5) is 13.9. The van der Waals surface area contributed by atoms with Gasteiger partial charge in [0, 0.05) is 43.3 Å². The maximum atomic E-state index is 13.9. The number of pyridine rings is 1. The fourth-order valence-electron chi connectivity index (χ4n) is 9.76. The third kappa shape index (κ3) is 3.71. The third-order valence-corrected chi connectivity index (χ3v) is 12.0. The summed E-state index contributed by atoms with van der Waals surface area (Å²) in [5, 5.41) is 8.01. The molecule has 10 aromatic rings. The Morgan fingerprint density at radius 3 is 2.04 bits per heavy atom. The zero-order valence-corrected chi connectivity index (χ0v) is 29.6. The summed E-state index contributed by atoms with van der Waals surface area (Å²) in [6.07, 6.45) is 3.43. The maximum absolute atomic E-state index is 13.9. The first-order valence-corrected chi connectivity index (χ1v) is 18.2. The normalized spacial score (nSPS) is 13.5. The van der Waals surface area contributed by atoms with Crippen LogP contribution in [0.15, 0.2) is 151 Å². The molecule has 0 saturated heterocycles. The van der Waals surface area contributed by atoms with E-state index in [1.54, 1.807) is 12.2 Å². The van der Waals surface area contributed by atoms with Crippen LogP contribution in [-0.2, 0) is 5.41 Å². The number of aromatic nitrogens is 2. The predicted octanol–water partition coefficient (Wildman–Crippen LogP) is 12.6. The van der Waals surface area contributed by atoms with Crippen LogP contribution in [0.1, 0.15) is 36.1 Å². The van der Waals surface area contributed by atoms with E-state index in [1.165, 1.54) is 54.8 Å². The molecule has 0 saturated carbocycles. The van der Waals surface area contributed by atoms with Gasteiger partial charge in [0.05, 0.1) is 27.8 Å². The van der Waals surface area contributed by atoms with Gasteiger partial charge in [-0.05, 0) is 68.6 Å². The van der Waals surface area contributed by atoms with Gasteiger partial charge in [-0.15, -0.1) is 0 Å². The van der Waals surface area contributed by atoms with Crippen molar-refractivity contribution in [3.8, 4) is 27.9 Å². The Balaban J connectivity index is 1.19. The van der Waals surface area contributed by atoms with Crippen molar-refractivity contribution in [1.82, 2.24) is 8.97 Å². The SMILES string of the molecule is C=Cc1c(C=C)c2cccc3c4cc(-c5ccc(-n6c7ccccc7c7ccc8c(c76)C(C)(C)c6ccccc6-8)c6ccccc56)ccc4n(c1=O)c23.